The van der Waals surface area contributed by atoms with Crippen LogP contribution in [0.3, 0.4) is 0 Å². The van der Waals surface area contributed by atoms with E-state index in [2.05, 4.69) is 41.3 Å². The van der Waals surface area contributed by atoms with E-state index in [0.717, 1.165) is 50.9 Å². The molecular formula is C32H35N4O4P. The molecule has 9 heteroatoms. The normalized spacial score (nSPS) is 11.8. The van der Waals surface area contributed by atoms with Crippen molar-refractivity contribution in [2.45, 2.75) is 40.5 Å². The van der Waals surface area contributed by atoms with Gasteiger partial charge in [0, 0.05) is 16.5 Å². The number of amides is 1. The molecule has 8 nitrogen and oxygen atoms in total. The zero-order valence-corrected chi connectivity index (χ0v) is 24.8. The van der Waals surface area contributed by atoms with Crippen LogP contribution in [0.25, 0.3) is 33.3 Å². The third-order valence-electron chi connectivity index (χ3n) is 6.96. The predicted octanol–water partition coefficient (Wildman–Crippen LogP) is 7.85. The van der Waals surface area contributed by atoms with Crippen molar-refractivity contribution in [3.63, 3.8) is 0 Å². The Morgan fingerprint density at radius 3 is 2.37 bits per heavy atom. The molecule has 3 aromatic carbocycles. The molecule has 0 aliphatic heterocycles. The number of aromatic amines is 1. The second kappa shape index (κ2) is 12.4. The summed E-state index contributed by atoms with van der Waals surface area (Å²) in [6, 6.07) is 21.3. The SMILES string of the molecule is CCOP(=O)(CCCc1cc(C)c(-c2nc3ccc(C(=O)Nc4ccc5ccccc5n4)cc3[nH]2)c(C)c1)OCC. The van der Waals surface area contributed by atoms with Crippen molar-refractivity contribution in [3.05, 3.63) is 89.0 Å². The first-order valence-corrected chi connectivity index (χ1v) is 15.7. The molecule has 0 atom stereocenters. The number of para-hydroxylation sites is 1. The van der Waals surface area contributed by atoms with E-state index in [1.165, 1.54) is 5.56 Å². The number of rotatable bonds is 11. The number of anilines is 1. The van der Waals surface area contributed by atoms with Gasteiger partial charge in [-0.1, -0.05) is 30.3 Å². The van der Waals surface area contributed by atoms with Crippen molar-refractivity contribution in [1.82, 2.24) is 15.0 Å². The van der Waals surface area contributed by atoms with E-state index in [4.69, 9.17) is 14.0 Å². The van der Waals surface area contributed by atoms with Crippen LogP contribution < -0.4 is 5.32 Å². The molecule has 0 bridgehead atoms. The fourth-order valence-corrected chi connectivity index (χ4v) is 6.87. The molecule has 0 fully saturated rings. The maximum absolute atomic E-state index is 13.0. The van der Waals surface area contributed by atoms with E-state index in [9.17, 15) is 9.36 Å². The number of H-pyrrole nitrogens is 1. The summed E-state index contributed by atoms with van der Waals surface area (Å²) in [5.74, 6) is 1.03. The number of imidazole rings is 1. The lowest BCUT2D eigenvalue weighted by atomic mass is 9.97. The van der Waals surface area contributed by atoms with Crippen LogP contribution >= 0.6 is 7.60 Å². The quantitative estimate of drug-likeness (QED) is 0.157. The van der Waals surface area contributed by atoms with E-state index in [1.807, 2.05) is 56.3 Å². The maximum atomic E-state index is 13.0. The lowest BCUT2D eigenvalue weighted by Gasteiger charge is -2.17. The number of pyridine rings is 1. The average Bonchev–Trinajstić information content (AvgIpc) is 3.35. The molecule has 0 aliphatic rings. The third kappa shape index (κ3) is 6.57. The molecular weight excluding hydrogens is 535 g/mol. The fourth-order valence-electron chi connectivity index (χ4n) is 5.20. The highest BCUT2D eigenvalue weighted by atomic mass is 31.2. The topological polar surface area (TPSA) is 106 Å². The number of carbonyl (C=O) groups is 1. The molecule has 2 N–H and O–H groups in total. The van der Waals surface area contributed by atoms with Gasteiger partial charge in [0.2, 0.25) is 0 Å². The molecule has 1 amide bonds. The van der Waals surface area contributed by atoms with Crippen molar-refractivity contribution in [1.29, 1.82) is 0 Å². The minimum Gasteiger partial charge on any atom is -0.338 e. The van der Waals surface area contributed by atoms with Gasteiger partial charge in [0.05, 0.1) is 35.9 Å². The maximum Gasteiger partial charge on any atom is 0.330 e. The van der Waals surface area contributed by atoms with Crippen molar-refractivity contribution < 1.29 is 18.4 Å². The minimum absolute atomic E-state index is 0.235. The van der Waals surface area contributed by atoms with Gasteiger partial charge < -0.3 is 19.3 Å². The van der Waals surface area contributed by atoms with Crippen molar-refractivity contribution in [2.24, 2.45) is 0 Å². The Kier molecular flexibility index (Phi) is 8.64. The molecule has 5 rings (SSSR count). The number of hydrogen-bond acceptors (Lipinski definition) is 6. The van der Waals surface area contributed by atoms with Gasteiger partial charge in [-0.25, -0.2) is 9.97 Å². The number of fused-ring (bicyclic) bond motifs is 2. The molecule has 0 aliphatic carbocycles. The summed E-state index contributed by atoms with van der Waals surface area (Å²) in [7, 11) is -3.04. The lowest BCUT2D eigenvalue weighted by Crippen LogP contribution is -2.12. The Labute approximate surface area is 240 Å². The van der Waals surface area contributed by atoms with Gasteiger partial charge in [0.15, 0.2) is 0 Å². The molecule has 0 saturated heterocycles. The number of hydrogen-bond donors (Lipinski definition) is 2. The molecule has 0 spiro atoms. The number of aryl methyl sites for hydroxylation is 3. The van der Waals surface area contributed by atoms with E-state index >= 15 is 0 Å². The fraction of sp³-hybridized carbons (Fsp3) is 0.281. The van der Waals surface area contributed by atoms with Gasteiger partial charge in [0.25, 0.3) is 5.91 Å². The van der Waals surface area contributed by atoms with Gasteiger partial charge in [-0.15, -0.1) is 0 Å². The zero-order valence-electron chi connectivity index (χ0n) is 23.9. The van der Waals surface area contributed by atoms with E-state index < -0.39 is 7.60 Å². The Bertz CT molecular complexity index is 1730. The summed E-state index contributed by atoms with van der Waals surface area (Å²) in [5.41, 5.74) is 7.30. The van der Waals surface area contributed by atoms with Crippen LogP contribution in [0.1, 0.15) is 47.3 Å². The summed E-state index contributed by atoms with van der Waals surface area (Å²) < 4.78 is 23.6. The van der Waals surface area contributed by atoms with E-state index in [1.54, 1.807) is 12.1 Å². The van der Waals surface area contributed by atoms with Crippen LogP contribution in [0.15, 0.2) is 66.7 Å². The Morgan fingerprint density at radius 2 is 1.63 bits per heavy atom. The highest BCUT2D eigenvalue weighted by molar-refractivity contribution is 7.53. The van der Waals surface area contributed by atoms with Gasteiger partial charge in [0.1, 0.15) is 11.6 Å². The first kappa shape index (κ1) is 28.7. The van der Waals surface area contributed by atoms with Gasteiger partial charge in [-0.2, -0.15) is 0 Å². The molecule has 2 aromatic heterocycles. The number of aromatic nitrogens is 3. The molecule has 41 heavy (non-hydrogen) atoms. The van der Waals surface area contributed by atoms with Crippen LogP contribution in [0.5, 0.6) is 0 Å². The minimum atomic E-state index is -3.04. The van der Waals surface area contributed by atoms with Crippen molar-refractivity contribution in [3.8, 4) is 11.4 Å². The van der Waals surface area contributed by atoms with E-state index in [-0.39, 0.29) is 5.91 Å². The number of nitrogens with one attached hydrogen (secondary N) is 2. The van der Waals surface area contributed by atoms with Gasteiger partial charge in [-0.3, -0.25) is 9.36 Å². The van der Waals surface area contributed by atoms with Gasteiger partial charge >= 0.3 is 7.60 Å². The number of nitrogens with zero attached hydrogens (tertiary/aromatic N) is 2. The average molecular weight is 571 g/mol. The Balaban J connectivity index is 1.31. The number of benzene rings is 3. The van der Waals surface area contributed by atoms with Crippen LogP contribution in [0.4, 0.5) is 5.82 Å². The largest absolute Gasteiger partial charge is 0.338 e. The first-order chi connectivity index (χ1) is 19.8. The van der Waals surface area contributed by atoms with Crippen LogP contribution in [0.2, 0.25) is 0 Å². The molecule has 5 aromatic rings. The summed E-state index contributed by atoms with van der Waals surface area (Å²) in [6.45, 7) is 8.54. The van der Waals surface area contributed by atoms with Crippen LogP contribution in [-0.2, 0) is 20.0 Å². The third-order valence-corrected chi connectivity index (χ3v) is 9.13. The smallest absolute Gasteiger partial charge is 0.330 e. The molecule has 212 valence electrons. The number of carbonyl (C=O) groups excluding carboxylic acids is 1. The molecule has 0 saturated carbocycles. The highest BCUT2D eigenvalue weighted by Gasteiger charge is 2.23. The standard InChI is InChI=1S/C32H35N4O4P/c1-5-39-41(38,40-6-2)17-9-10-23-18-21(3)30(22(4)19-23)31-34-27-15-13-25(20-28(27)35-31)32(37)36-29-16-14-24-11-7-8-12-26(24)33-29/h7-8,11-16,18-20H,5-6,9-10,17H2,1-4H3,(H,34,35)(H,33,36,37). The summed E-state index contributed by atoms with van der Waals surface area (Å²) in [6.07, 6.45) is 1.88. The molecule has 0 radical (unpaired) electrons. The second-order valence-corrected chi connectivity index (χ2v) is 12.2. The zero-order chi connectivity index (χ0) is 29.0. The lowest BCUT2D eigenvalue weighted by molar-refractivity contribution is 0.102. The second-order valence-electron chi connectivity index (χ2n) is 10.0. The van der Waals surface area contributed by atoms with Crippen molar-refractivity contribution in [2.75, 3.05) is 24.7 Å². The van der Waals surface area contributed by atoms with E-state index in [0.29, 0.717) is 37.2 Å². The molecule has 2 heterocycles. The van der Waals surface area contributed by atoms with Crippen molar-refractivity contribution >= 4 is 41.3 Å². The predicted molar refractivity (Wildman–Crippen MR) is 165 cm³/mol. The summed E-state index contributed by atoms with van der Waals surface area (Å²) in [4.78, 5) is 25.8. The van der Waals surface area contributed by atoms with Crippen LogP contribution in [-0.4, -0.2) is 40.2 Å². The Hall–Kier alpha value is -3.84. The molecule has 0 unspecified atom stereocenters. The van der Waals surface area contributed by atoms with Crippen LogP contribution in [0, 0.1) is 13.8 Å². The Morgan fingerprint density at radius 1 is 0.902 bits per heavy atom. The van der Waals surface area contributed by atoms with Gasteiger partial charge in [-0.05, 0) is 93.6 Å². The highest BCUT2D eigenvalue weighted by Crippen LogP contribution is 2.48. The summed E-state index contributed by atoms with van der Waals surface area (Å²) in [5, 5.41) is 3.92. The summed E-state index contributed by atoms with van der Waals surface area (Å²) >= 11 is 0. The first-order valence-electron chi connectivity index (χ1n) is 13.9. The monoisotopic (exact) mass is 570 g/mol.